The predicted octanol–water partition coefficient (Wildman–Crippen LogP) is 1.94. The average molecular weight is 378 g/mol. The van der Waals surface area contributed by atoms with E-state index in [-0.39, 0.29) is 22.1 Å². The van der Waals surface area contributed by atoms with Crippen LogP contribution in [0.5, 0.6) is 17.2 Å². The molecule has 0 aliphatic carbocycles. The molecule has 0 aliphatic rings. The minimum Gasteiger partial charge on any atom is -0.493 e. The van der Waals surface area contributed by atoms with E-state index in [2.05, 4.69) is 9.93 Å². The van der Waals surface area contributed by atoms with E-state index in [0.29, 0.717) is 5.56 Å². The molecule has 2 aromatic carbocycles. The number of benzene rings is 2. The van der Waals surface area contributed by atoms with Crippen molar-refractivity contribution in [1.82, 2.24) is 4.83 Å². The van der Waals surface area contributed by atoms with Gasteiger partial charge >= 0.3 is 5.97 Å². The molecule has 0 spiro atoms. The van der Waals surface area contributed by atoms with Crippen molar-refractivity contribution in [2.45, 2.75) is 11.8 Å². The molecule has 0 aromatic heterocycles. The summed E-state index contributed by atoms with van der Waals surface area (Å²) in [6, 6.07) is 10.9. The third-order valence-electron chi connectivity index (χ3n) is 3.17. The average Bonchev–Trinajstić information content (AvgIpc) is 2.62. The third kappa shape index (κ3) is 4.73. The second kappa shape index (κ2) is 8.34. The Bertz CT molecular complexity index is 885. The maximum atomic E-state index is 12.1. The first-order valence-electron chi connectivity index (χ1n) is 7.41. The van der Waals surface area contributed by atoms with Crippen LogP contribution in [0.4, 0.5) is 0 Å². The molecule has 1 N–H and O–H groups in total. The molecule has 0 bridgehead atoms. The largest absolute Gasteiger partial charge is 0.493 e. The van der Waals surface area contributed by atoms with Gasteiger partial charge < -0.3 is 14.2 Å². The Morgan fingerprint density at radius 1 is 1.08 bits per heavy atom. The maximum absolute atomic E-state index is 12.1. The molecule has 0 saturated carbocycles. The zero-order valence-corrected chi connectivity index (χ0v) is 15.2. The number of hydrazone groups is 1. The fraction of sp³-hybridized carbons (Fsp3) is 0.176. The third-order valence-corrected chi connectivity index (χ3v) is 4.41. The number of nitrogens with zero attached hydrogens (tertiary/aromatic N) is 1. The quantitative estimate of drug-likeness (QED) is 0.342. The molecule has 26 heavy (non-hydrogen) atoms. The lowest BCUT2D eigenvalue weighted by molar-refractivity contribution is -0.132. The highest BCUT2D eigenvalue weighted by molar-refractivity contribution is 7.89. The van der Waals surface area contributed by atoms with Crippen molar-refractivity contribution in [1.29, 1.82) is 0 Å². The van der Waals surface area contributed by atoms with Gasteiger partial charge in [0.1, 0.15) is 0 Å². The van der Waals surface area contributed by atoms with Gasteiger partial charge in [0.2, 0.25) is 5.75 Å². The number of rotatable bonds is 7. The molecule has 8 nitrogen and oxygen atoms in total. The Balaban J connectivity index is 2.26. The van der Waals surface area contributed by atoms with Gasteiger partial charge in [-0.25, -0.2) is 4.83 Å². The van der Waals surface area contributed by atoms with Gasteiger partial charge in [0.15, 0.2) is 11.5 Å². The van der Waals surface area contributed by atoms with Crippen molar-refractivity contribution < 1.29 is 27.4 Å². The van der Waals surface area contributed by atoms with E-state index < -0.39 is 16.0 Å². The number of methoxy groups -OCH3 is 2. The molecule has 0 heterocycles. The number of esters is 1. The number of nitrogens with one attached hydrogen (secondary N) is 1. The van der Waals surface area contributed by atoms with Crippen molar-refractivity contribution in [2.75, 3.05) is 14.2 Å². The standard InChI is InChI=1S/C17H18N2O6S/c1-12(20)25-17-15(23-2)9-13(10-16(17)24-3)11-18-19-26(21,22)14-7-5-4-6-8-14/h4-11,19H,1-3H3/b18-11-. The van der Waals surface area contributed by atoms with Gasteiger partial charge in [-0.2, -0.15) is 13.5 Å². The molecule has 0 amide bonds. The van der Waals surface area contributed by atoms with E-state index in [4.69, 9.17) is 14.2 Å². The van der Waals surface area contributed by atoms with Crippen molar-refractivity contribution >= 4 is 22.2 Å². The van der Waals surface area contributed by atoms with Crippen LogP contribution in [-0.4, -0.2) is 34.8 Å². The molecule has 0 radical (unpaired) electrons. The smallest absolute Gasteiger partial charge is 0.308 e. The van der Waals surface area contributed by atoms with Gasteiger partial charge in [-0.05, 0) is 24.3 Å². The summed E-state index contributed by atoms with van der Waals surface area (Å²) in [5.74, 6) is 0.0852. The second-order valence-electron chi connectivity index (χ2n) is 5.01. The molecule has 0 unspecified atom stereocenters. The van der Waals surface area contributed by atoms with Crippen LogP contribution in [-0.2, 0) is 14.8 Å². The van der Waals surface area contributed by atoms with Crippen LogP contribution in [0.15, 0.2) is 52.5 Å². The van der Waals surface area contributed by atoms with Crippen LogP contribution in [0.2, 0.25) is 0 Å². The van der Waals surface area contributed by atoms with Gasteiger partial charge in [0.25, 0.3) is 10.0 Å². The fourth-order valence-electron chi connectivity index (χ4n) is 2.04. The Morgan fingerprint density at radius 3 is 2.15 bits per heavy atom. The van der Waals surface area contributed by atoms with Crippen molar-refractivity contribution in [2.24, 2.45) is 5.10 Å². The normalized spacial score (nSPS) is 11.2. The van der Waals surface area contributed by atoms with Crippen LogP contribution in [0.3, 0.4) is 0 Å². The Morgan fingerprint density at radius 2 is 1.65 bits per heavy atom. The van der Waals surface area contributed by atoms with Crippen LogP contribution >= 0.6 is 0 Å². The summed E-state index contributed by atoms with van der Waals surface area (Å²) in [6.45, 7) is 1.26. The van der Waals surface area contributed by atoms with Crippen molar-refractivity contribution in [3.63, 3.8) is 0 Å². The molecule has 9 heteroatoms. The van der Waals surface area contributed by atoms with Crippen molar-refractivity contribution in [3.8, 4) is 17.2 Å². The van der Waals surface area contributed by atoms with Crippen LogP contribution < -0.4 is 19.0 Å². The number of ether oxygens (including phenoxy) is 3. The first-order valence-corrected chi connectivity index (χ1v) is 8.90. The molecule has 2 aromatic rings. The molecule has 2 rings (SSSR count). The lowest BCUT2D eigenvalue weighted by Gasteiger charge is -2.13. The van der Waals surface area contributed by atoms with Gasteiger partial charge in [-0.1, -0.05) is 18.2 Å². The summed E-state index contributed by atoms with van der Waals surface area (Å²) >= 11 is 0. The molecule has 0 atom stereocenters. The topological polar surface area (TPSA) is 103 Å². The van der Waals surface area contributed by atoms with Crippen molar-refractivity contribution in [3.05, 3.63) is 48.0 Å². The fourth-order valence-corrected chi connectivity index (χ4v) is 2.85. The molecule has 0 fully saturated rings. The van der Waals surface area contributed by atoms with E-state index in [1.54, 1.807) is 18.2 Å². The highest BCUT2D eigenvalue weighted by Crippen LogP contribution is 2.38. The molecular formula is C17H18N2O6S. The number of carbonyl (C=O) groups excluding carboxylic acids is 1. The van der Waals surface area contributed by atoms with Crippen LogP contribution in [0, 0.1) is 0 Å². The summed E-state index contributed by atoms with van der Waals surface area (Å²) in [4.78, 5) is 13.4. The number of hydrogen-bond acceptors (Lipinski definition) is 7. The summed E-state index contributed by atoms with van der Waals surface area (Å²) in [6.07, 6.45) is 1.28. The Hall–Kier alpha value is -3.07. The van der Waals surface area contributed by atoms with E-state index in [1.807, 2.05) is 0 Å². The van der Waals surface area contributed by atoms with Gasteiger partial charge in [0.05, 0.1) is 25.3 Å². The number of hydrogen-bond donors (Lipinski definition) is 1. The van der Waals surface area contributed by atoms with E-state index >= 15 is 0 Å². The minimum absolute atomic E-state index is 0.0949. The van der Waals surface area contributed by atoms with E-state index in [0.717, 1.165) is 0 Å². The summed E-state index contributed by atoms with van der Waals surface area (Å²) in [5, 5.41) is 3.75. The zero-order chi connectivity index (χ0) is 19.2. The SMILES string of the molecule is COc1cc(/C=N\NS(=O)(=O)c2ccccc2)cc(OC)c1OC(C)=O. The monoisotopic (exact) mass is 378 g/mol. The molecule has 0 aliphatic heterocycles. The van der Waals surface area contributed by atoms with Crippen LogP contribution in [0.25, 0.3) is 0 Å². The summed E-state index contributed by atoms with van der Waals surface area (Å²) in [7, 11) is -0.958. The molecular weight excluding hydrogens is 360 g/mol. The number of sulfonamides is 1. The first-order chi connectivity index (χ1) is 12.4. The first kappa shape index (κ1) is 19.3. The van der Waals surface area contributed by atoms with E-state index in [9.17, 15) is 13.2 Å². The lowest BCUT2D eigenvalue weighted by Crippen LogP contribution is -2.18. The summed E-state index contributed by atoms with van der Waals surface area (Å²) < 4.78 is 39.7. The highest BCUT2D eigenvalue weighted by Gasteiger charge is 2.16. The van der Waals surface area contributed by atoms with Crippen LogP contribution in [0.1, 0.15) is 12.5 Å². The second-order valence-corrected chi connectivity index (χ2v) is 6.68. The van der Waals surface area contributed by atoms with Gasteiger partial charge in [-0.3, -0.25) is 4.79 Å². The maximum Gasteiger partial charge on any atom is 0.308 e. The Labute approximate surface area is 151 Å². The Kier molecular flexibility index (Phi) is 6.18. The number of carbonyl (C=O) groups is 1. The minimum atomic E-state index is -3.77. The molecule has 0 saturated heterocycles. The van der Waals surface area contributed by atoms with Gasteiger partial charge in [0, 0.05) is 12.5 Å². The zero-order valence-electron chi connectivity index (χ0n) is 14.4. The summed E-state index contributed by atoms with van der Waals surface area (Å²) in [5.41, 5.74) is 0.477. The van der Waals surface area contributed by atoms with Gasteiger partial charge in [-0.15, -0.1) is 0 Å². The van der Waals surface area contributed by atoms with E-state index in [1.165, 1.54) is 51.6 Å². The lowest BCUT2D eigenvalue weighted by atomic mass is 10.2. The molecule has 138 valence electrons. The predicted molar refractivity (Wildman–Crippen MR) is 95.2 cm³/mol. The highest BCUT2D eigenvalue weighted by atomic mass is 32.2.